The second-order valence-corrected chi connectivity index (χ2v) is 7.09. The maximum absolute atomic E-state index is 14.1. The second kappa shape index (κ2) is 7.66. The van der Waals surface area contributed by atoms with Crippen LogP contribution in [-0.2, 0) is 4.74 Å². The molecule has 25 heavy (non-hydrogen) atoms. The zero-order valence-corrected chi connectivity index (χ0v) is 14.9. The first-order valence-electron chi connectivity index (χ1n) is 8.96. The molecule has 2 aliphatic heterocycles. The lowest BCUT2D eigenvalue weighted by molar-refractivity contribution is -0.386. The number of ether oxygens (including phenoxy) is 1. The second-order valence-electron chi connectivity index (χ2n) is 7.09. The van der Waals surface area contributed by atoms with Gasteiger partial charge in [0.15, 0.2) is 0 Å². The number of hydrogen-bond donors (Lipinski definition) is 0. The largest absolute Gasteiger partial charge is 0.381 e. The number of piperidine rings is 1. The molecule has 0 unspecified atom stereocenters. The molecule has 0 N–H and O–H groups in total. The minimum absolute atomic E-state index is 0.191. The van der Waals surface area contributed by atoms with Crippen molar-refractivity contribution in [3.05, 3.63) is 33.6 Å². The van der Waals surface area contributed by atoms with Gasteiger partial charge in [-0.25, -0.2) is 0 Å². The molecular weight excluding hydrogens is 325 g/mol. The fourth-order valence-corrected chi connectivity index (χ4v) is 4.05. The molecule has 0 spiro atoms. The van der Waals surface area contributed by atoms with Crippen LogP contribution >= 0.6 is 0 Å². The fourth-order valence-electron chi connectivity index (χ4n) is 4.05. The summed E-state index contributed by atoms with van der Waals surface area (Å²) >= 11 is 0. The van der Waals surface area contributed by atoms with Crippen LogP contribution in [-0.4, -0.2) is 55.3 Å². The molecule has 0 radical (unpaired) electrons. The van der Waals surface area contributed by atoms with Crippen molar-refractivity contribution in [1.82, 2.24) is 4.90 Å². The molecule has 1 aromatic carbocycles. The van der Waals surface area contributed by atoms with Gasteiger partial charge in [-0.15, -0.1) is 0 Å². The molecule has 7 heteroatoms. The summed E-state index contributed by atoms with van der Waals surface area (Å²) in [5.74, 6) is -0.758. The van der Waals surface area contributed by atoms with Crippen LogP contribution in [0.3, 0.4) is 0 Å². The maximum Gasteiger partial charge on any atom is 0.327 e. The normalized spacial score (nSPS) is 20.6. The molecule has 0 aliphatic carbocycles. The molecule has 0 saturated carbocycles. The zero-order chi connectivity index (χ0) is 18.0. The first kappa shape index (κ1) is 18.1. The van der Waals surface area contributed by atoms with Gasteiger partial charge < -0.3 is 14.5 Å². The quantitative estimate of drug-likeness (QED) is 0.616. The Morgan fingerprint density at radius 1 is 1.24 bits per heavy atom. The molecule has 138 valence electrons. The number of nitrogens with zero attached hydrogens (tertiary/aromatic N) is 3. The molecule has 2 saturated heterocycles. The minimum atomic E-state index is -0.758. The van der Waals surface area contributed by atoms with E-state index in [2.05, 4.69) is 4.90 Å². The molecule has 0 atom stereocenters. The lowest BCUT2D eigenvalue weighted by Gasteiger charge is -2.42. The highest BCUT2D eigenvalue weighted by Crippen LogP contribution is 2.34. The monoisotopic (exact) mass is 351 g/mol. The molecule has 1 aromatic rings. The molecule has 6 nitrogen and oxygen atoms in total. The number of nitro benzene ring substituents is 1. The highest BCUT2D eigenvalue weighted by atomic mass is 19.1. The van der Waals surface area contributed by atoms with Crippen LogP contribution in [0.5, 0.6) is 0 Å². The van der Waals surface area contributed by atoms with Gasteiger partial charge >= 0.3 is 5.69 Å². The number of likely N-dealkylation sites (tertiary alicyclic amines) is 1. The SMILES string of the molecule is Cc1cc(F)c([N+](=O)[O-])c(N(C)C2CCN(C3CCOCC3)CC2)c1. The van der Waals surface area contributed by atoms with Crippen molar-refractivity contribution < 1.29 is 14.1 Å². The van der Waals surface area contributed by atoms with E-state index in [1.165, 1.54) is 6.07 Å². The van der Waals surface area contributed by atoms with Crippen molar-refractivity contribution >= 4 is 11.4 Å². The molecule has 3 rings (SSSR count). The molecule has 0 bridgehead atoms. The van der Waals surface area contributed by atoms with E-state index in [1.807, 2.05) is 11.9 Å². The summed E-state index contributed by atoms with van der Waals surface area (Å²) in [7, 11) is 1.84. The van der Waals surface area contributed by atoms with E-state index in [0.717, 1.165) is 52.0 Å². The number of aryl methyl sites for hydroxylation is 1. The van der Waals surface area contributed by atoms with Gasteiger partial charge in [-0.1, -0.05) is 0 Å². The molecular formula is C18H26FN3O3. The predicted octanol–water partition coefficient (Wildman–Crippen LogP) is 3.12. The van der Waals surface area contributed by atoms with Crippen molar-refractivity contribution in [2.75, 3.05) is 38.3 Å². The Kier molecular flexibility index (Phi) is 5.54. The fraction of sp³-hybridized carbons (Fsp3) is 0.667. The van der Waals surface area contributed by atoms with Crippen LogP contribution in [0, 0.1) is 22.9 Å². The standard InChI is InChI=1S/C18H26FN3O3/c1-13-11-16(19)18(22(23)24)17(12-13)20(2)14-3-7-21(8-4-14)15-5-9-25-10-6-15/h11-12,14-15H,3-10H2,1-2H3. The van der Waals surface area contributed by atoms with Gasteiger partial charge in [-0.05, 0) is 50.3 Å². The van der Waals surface area contributed by atoms with E-state index >= 15 is 0 Å². The van der Waals surface area contributed by atoms with Crippen molar-refractivity contribution in [1.29, 1.82) is 0 Å². The summed E-state index contributed by atoms with van der Waals surface area (Å²) in [4.78, 5) is 15.1. The number of anilines is 1. The molecule has 0 aromatic heterocycles. The first-order valence-corrected chi connectivity index (χ1v) is 8.96. The Hall–Kier alpha value is -1.73. The number of hydrogen-bond acceptors (Lipinski definition) is 5. The van der Waals surface area contributed by atoms with Crippen LogP contribution in [0.4, 0.5) is 15.8 Å². The van der Waals surface area contributed by atoms with Gasteiger partial charge in [-0.3, -0.25) is 10.1 Å². The molecule has 2 heterocycles. The van der Waals surface area contributed by atoms with Crippen LogP contribution in [0.25, 0.3) is 0 Å². The van der Waals surface area contributed by atoms with Gasteiger partial charge in [0.1, 0.15) is 5.69 Å². The smallest absolute Gasteiger partial charge is 0.327 e. The van der Waals surface area contributed by atoms with E-state index < -0.39 is 16.4 Å². The average Bonchev–Trinajstić information content (AvgIpc) is 2.61. The van der Waals surface area contributed by atoms with Crippen molar-refractivity contribution in [2.45, 2.75) is 44.7 Å². The molecule has 2 aliphatic rings. The lowest BCUT2D eigenvalue weighted by atomic mass is 9.98. The highest BCUT2D eigenvalue weighted by molar-refractivity contribution is 5.65. The van der Waals surface area contributed by atoms with Crippen molar-refractivity contribution in [3.8, 4) is 0 Å². The highest BCUT2D eigenvalue weighted by Gasteiger charge is 2.31. The topological polar surface area (TPSA) is 58.9 Å². The zero-order valence-electron chi connectivity index (χ0n) is 14.9. The van der Waals surface area contributed by atoms with Gasteiger partial charge in [0.25, 0.3) is 0 Å². The van der Waals surface area contributed by atoms with E-state index in [9.17, 15) is 14.5 Å². The molecule has 0 amide bonds. The average molecular weight is 351 g/mol. The third-order valence-electron chi connectivity index (χ3n) is 5.50. The Morgan fingerprint density at radius 2 is 1.88 bits per heavy atom. The van der Waals surface area contributed by atoms with Gasteiger partial charge in [0.2, 0.25) is 5.82 Å². The summed E-state index contributed by atoms with van der Waals surface area (Å²) in [6.07, 6.45) is 4.02. The Labute approximate surface area is 147 Å². The summed E-state index contributed by atoms with van der Waals surface area (Å²) in [5.41, 5.74) is 0.663. The van der Waals surface area contributed by atoms with Gasteiger partial charge in [0.05, 0.1) is 4.92 Å². The maximum atomic E-state index is 14.1. The Balaban J connectivity index is 1.70. The summed E-state index contributed by atoms with van der Waals surface area (Å²) in [6.45, 7) is 5.37. The summed E-state index contributed by atoms with van der Waals surface area (Å²) in [6, 6.07) is 3.72. The van der Waals surface area contributed by atoms with Crippen LogP contribution in [0.2, 0.25) is 0 Å². The Bertz CT molecular complexity index is 626. The van der Waals surface area contributed by atoms with Gasteiger partial charge in [0, 0.05) is 45.4 Å². The number of nitro groups is 1. The predicted molar refractivity (Wildman–Crippen MR) is 94.6 cm³/mol. The molecule has 2 fully saturated rings. The lowest BCUT2D eigenvalue weighted by Crippen LogP contribution is -2.48. The summed E-state index contributed by atoms with van der Waals surface area (Å²) in [5, 5.41) is 11.3. The third-order valence-corrected chi connectivity index (χ3v) is 5.50. The van der Waals surface area contributed by atoms with E-state index in [1.54, 1.807) is 13.0 Å². The van der Waals surface area contributed by atoms with Crippen LogP contribution < -0.4 is 4.90 Å². The van der Waals surface area contributed by atoms with E-state index in [-0.39, 0.29) is 6.04 Å². The van der Waals surface area contributed by atoms with E-state index in [0.29, 0.717) is 17.3 Å². The van der Waals surface area contributed by atoms with Crippen LogP contribution in [0.15, 0.2) is 12.1 Å². The summed E-state index contributed by atoms with van der Waals surface area (Å²) < 4.78 is 19.5. The third kappa shape index (κ3) is 3.93. The van der Waals surface area contributed by atoms with Crippen LogP contribution in [0.1, 0.15) is 31.2 Å². The van der Waals surface area contributed by atoms with Gasteiger partial charge in [-0.2, -0.15) is 4.39 Å². The first-order chi connectivity index (χ1) is 12.0. The number of rotatable bonds is 4. The Morgan fingerprint density at radius 3 is 2.48 bits per heavy atom. The van der Waals surface area contributed by atoms with E-state index in [4.69, 9.17) is 4.74 Å². The van der Waals surface area contributed by atoms with Crippen molar-refractivity contribution in [3.63, 3.8) is 0 Å². The number of halogens is 1. The minimum Gasteiger partial charge on any atom is -0.381 e. The van der Waals surface area contributed by atoms with Crippen molar-refractivity contribution in [2.24, 2.45) is 0 Å². The number of benzene rings is 1.